The first kappa shape index (κ1) is 19.2. The highest BCUT2D eigenvalue weighted by Gasteiger charge is 2.22. The van der Waals surface area contributed by atoms with Gasteiger partial charge in [0.25, 0.3) is 5.91 Å². The standard InChI is InChI=1S/C21H23ClN4OS/c1-14-17-19(26-10-4-2-3-5-11-26)24-13-25-21(17)28-18(14)20(27)23-12-15-6-8-16(22)9-7-15/h6-9,13H,2-5,10-12H2,1H3,(H,23,27). The number of nitrogens with zero attached hydrogens (tertiary/aromatic N) is 3. The van der Waals surface area contributed by atoms with Crippen LogP contribution in [-0.2, 0) is 6.54 Å². The number of halogens is 1. The number of carbonyl (C=O) groups is 1. The summed E-state index contributed by atoms with van der Waals surface area (Å²) in [5.74, 6) is 0.898. The molecule has 28 heavy (non-hydrogen) atoms. The molecule has 2 aromatic heterocycles. The number of fused-ring (bicyclic) bond motifs is 1. The Balaban J connectivity index is 1.59. The minimum atomic E-state index is -0.0720. The van der Waals surface area contributed by atoms with Crippen LogP contribution in [0.4, 0.5) is 5.82 Å². The Hall–Kier alpha value is -2.18. The van der Waals surface area contributed by atoms with E-state index in [9.17, 15) is 4.79 Å². The number of nitrogens with one attached hydrogen (secondary N) is 1. The Bertz CT molecular complexity index is 978. The Labute approximate surface area is 173 Å². The number of thiophene rings is 1. The summed E-state index contributed by atoms with van der Waals surface area (Å²) in [5.41, 5.74) is 1.98. The van der Waals surface area contributed by atoms with Gasteiger partial charge in [-0.1, -0.05) is 36.6 Å². The van der Waals surface area contributed by atoms with Gasteiger partial charge < -0.3 is 10.2 Å². The van der Waals surface area contributed by atoms with Crippen LogP contribution in [0.2, 0.25) is 5.02 Å². The molecule has 1 saturated heterocycles. The molecule has 0 atom stereocenters. The molecule has 146 valence electrons. The van der Waals surface area contributed by atoms with Gasteiger partial charge in [0.15, 0.2) is 0 Å². The maximum absolute atomic E-state index is 12.8. The number of aromatic nitrogens is 2. The lowest BCUT2D eigenvalue weighted by atomic mass is 10.1. The van der Waals surface area contributed by atoms with Gasteiger partial charge in [0, 0.05) is 24.7 Å². The molecule has 0 aliphatic carbocycles. The largest absolute Gasteiger partial charge is 0.356 e. The predicted octanol–water partition coefficient (Wildman–Crippen LogP) is 4.96. The molecule has 0 spiro atoms. The van der Waals surface area contributed by atoms with E-state index in [-0.39, 0.29) is 5.91 Å². The van der Waals surface area contributed by atoms with E-state index in [1.807, 2.05) is 31.2 Å². The van der Waals surface area contributed by atoms with Crippen molar-refractivity contribution in [3.05, 3.63) is 51.6 Å². The zero-order valence-electron chi connectivity index (χ0n) is 15.9. The summed E-state index contributed by atoms with van der Waals surface area (Å²) in [6.45, 7) is 4.49. The van der Waals surface area contributed by atoms with Crippen LogP contribution in [-0.4, -0.2) is 29.0 Å². The summed E-state index contributed by atoms with van der Waals surface area (Å²) in [6.07, 6.45) is 6.53. The van der Waals surface area contributed by atoms with Crippen molar-refractivity contribution in [2.45, 2.75) is 39.2 Å². The van der Waals surface area contributed by atoms with E-state index < -0.39 is 0 Å². The van der Waals surface area contributed by atoms with Gasteiger partial charge in [0.05, 0.1) is 10.3 Å². The fourth-order valence-corrected chi connectivity index (χ4v) is 4.84. The number of hydrogen-bond acceptors (Lipinski definition) is 5. The summed E-state index contributed by atoms with van der Waals surface area (Å²) < 4.78 is 0. The SMILES string of the molecule is Cc1c(C(=O)NCc2ccc(Cl)cc2)sc2ncnc(N3CCCCCC3)c12. The van der Waals surface area contributed by atoms with Gasteiger partial charge in [0.2, 0.25) is 0 Å². The van der Waals surface area contributed by atoms with Crippen LogP contribution >= 0.6 is 22.9 Å². The number of carbonyl (C=O) groups excluding carboxylic acids is 1. The van der Waals surface area contributed by atoms with Gasteiger partial charge in [0.1, 0.15) is 17.0 Å². The molecule has 1 amide bonds. The fraction of sp³-hybridized carbons (Fsp3) is 0.381. The molecular formula is C21H23ClN4OS. The van der Waals surface area contributed by atoms with E-state index in [2.05, 4.69) is 20.2 Å². The smallest absolute Gasteiger partial charge is 0.261 e. The van der Waals surface area contributed by atoms with E-state index in [0.29, 0.717) is 16.4 Å². The van der Waals surface area contributed by atoms with Crippen LogP contribution in [0.15, 0.2) is 30.6 Å². The second kappa shape index (κ2) is 8.45. The van der Waals surface area contributed by atoms with Gasteiger partial charge >= 0.3 is 0 Å². The summed E-state index contributed by atoms with van der Waals surface area (Å²) in [5, 5.41) is 4.72. The van der Waals surface area contributed by atoms with E-state index in [0.717, 1.165) is 40.3 Å². The molecule has 1 aliphatic heterocycles. The van der Waals surface area contributed by atoms with Crippen molar-refractivity contribution in [3.63, 3.8) is 0 Å². The lowest BCUT2D eigenvalue weighted by Gasteiger charge is -2.22. The molecule has 1 aliphatic rings. The zero-order chi connectivity index (χ0) is 19.5. The highest BCUT2D eigenvalue weighted by atomic mass is 35.5. The molecule has 0 radical (unpaired) electrons. The van der Waals surface area contributed by atoms with E-state index in [1.54, 1.807) is 6.33 Å². The Kier molecular flexibility index (Phi) is 5.78. The molecule has 0 saturated carbocycles. The summed E-state index contributed by atoms with van der Waals surface area (Å²) in [6, 6.07) is 7.50. The first-order chi connectivity index (χ1) is 13.6. The number of rotatable bonds is 4. The van der Waals surface area contributed by atoms with Crippen LogP contribution < -0.4 is 10.2 Å². The Morgan fingerprint density at radius 3 is 2.57 bits per heavy atom. The number of benzene rings is 1. The molecule has 7 heteroatoms. The Morgan fingerprint density at radius 2 is 1.86 bits per heavy atom. The highest BCUT2D eigenvalue weighted by molar-refractivity contribution is 7.20. The van der Waals surface area contributed by atoms with Gasteiger partial charge in [-0.15, -0.1) is 11.3 Å². The molecule has 1 fully saturated rings. The van der Waals surface area contributed by atoms with Crippen LogP contribution in [0.1, 0.15) is 46.5 Å². The molecule has 4 rings (SSSR count). The molecular weight excluding hydrogens is 392 g/mol. The first-order valence-electron chi connectivity index (χ1n) is 9.65. The van der Waals surface area contributed by atoms with Crippen LogP contribution in [0, 0.1) is 6.92 Å². The fourth-order valence-electron chi connectivity index (χ4n) is 3.66. The zero-order valence-corrected chi connectivity index (χ0v) is 17.4. The van der Waals surface area contributed by atoms with Crippen molar-refractivity contribution in [3.8, 4) is 0 Å². The number of anilines is 1. The third-order valence-electron chi connectivity index (χ3n) is 5.18. The third-order valence-corrected chi connectivity index (χ3v) is 6.64. The molecule has 3 aromatic rings. The predicted molar refractivity (Wildman–Crippen MR) is 115 cm³/mol. The van der Waals surface area contributed by atoms with Crippen molar-refractivity contribution >= 4 is 44.9 Å². The van der Waals surface area contributed by atoms with Crippen molar-refractivity contribution in [1.29, 1.82) is 0 Å². The minimum absolute atomic E-state index is 0.0720. The van der Waals surface area contributed by atoms with E-state index >= 15 is 0 Å². The molecule has 0 unspecified atom stereocenters. The molecule has 1 aromatic carbocycles. The number of amides is 1. The van der Waals surface area contributed by atoms with Crippen LogP contribution in [0.3, 0.4) is 0 Å². The third kappa shape index (κ3) is 3.98. The van der Waals surface area contributed by atoms with Gasteiger partial charge in [-0.3, -0.25) is 4.79 Å². The van der Waals surface area contributed by atoms with E-state index in [1.165, 1.54) is 37.0 Å². The quantitative estimate of drug-likeness (QED) is 0.655. The average molecular weight is 415 g/mol. The molecule has 3 heterocycles. The average Bonchev–Trinajstić information content (AvgIpc) is 2.88. The van der Waals surface area contributed by atoms with Gasteiger partial charge in [-0.2, -0.15) is 0 Å². The van der Waals surface area contributed by atoms with Crippen molar-refractivity contribution < 1.29 is 4.79 Å². The van der Waals surface area contributed by atoms with Crippen LogP contribution in [0.5, 0.6) is 0 Å². The maximum Gasteiger partial charge on any atom is 0.261 e. The lowest BCUT2D eigenvalue weighted by molar-refractivity contribution is 0.0954. The maximum atomic E-state index is 12.8. The van der Waals surface area contributed by atoms with Crippen LogP contribution in [0.25, 0.3) is 10.2 Å². The van der Waals surface area contributed by atoms with Gasteiger partial charge in [-0.25, -0.2) is 9.97 Å². The summed E-state index contributed by atoms with van der Waals surface area (Å²) in [7, 11) is 0. The first-order valence-corrected chi connectivity index (χ1v) is 10.8. The monoisotopic (exact) mass is 414 g/mol. The topological polar surface area (TPSA) is 58.1 Å². The highest BCUT2D eigenvalue weighted by Crippen LogP contribution is 2.35. The van der Waals surface area contributed by atoms with Crippen molar-refractivity contribution in [2.24, 2.45) is 0 Å². The summed E-state index contributed by atoms with van der Waals surface area (Å²) >= 11 is 7.36. The second-order valence-corrected chi connectivity index (χ2v) is 8.58. The Morgan fingerprint density at radius 1 is 1.14 bits per heavy atom. The number of aryl methyl sites for hydroxylation is 1. The van der Waals surface area contributed by atoms with Gasteiger partial charge in [-0.05, 0) is 43.0 Å². The minimum Gasteiger partial charge on any atom is -0.356 e. The summed E-state index contributed by atoms with van der Waals surface area (Å²) in [4.78, 5) is 25.8. The van der Waals surface area contributed by atoms with E-state index in [4.69, 9.17) is 11.6 Å². The second-order valence-electron chi connectivity index (χ2n) is 7.14. The van der Waals surface area contributed by atoms with Crippen molar-refractivity contribution in [2.75, 3.05) is 18.0 Å². The normalized spacial score (nSPS) is 14.9. The molecule has 1 N–H and O–H groups in total. The number of hydrogen-bond donors (Lipinski definition) is 1. The van der Waals surface area contributed by atoms with Crippen molar-refractivity contribution in [1.82, 2.24) is 15.3 Å². The lowest BCUT2D eigenvalue weighted by Crippen LogP contribution is -2.25. The molecule has 0 bridgehead atoms. The molecule has 5 nitrogen and oxygen atoms in total.